The highest BCUT2D eigenvalue weighted by Crippen LogP contribution is 2.30. The number of amides is 1. The summed E-state index contributed by atoms with van der Waals surface area (Å²) in [7, 11) is -3.21. The molecule has 2 heterocycles. The van der Waals surface area contributed by atoms with E-state index in [1.807, 2.05) is 4.90 Å². The van der Waals surface area contributed by atoms with Crippen LogP contribution >= 0.6 is 0 Å². The third-order valence-electron chi connectivity index (χ3n) is 4.00. The van der Waals surface area contributed by atoms with Gasteiger partial charge in [0.25, 0.3) is 0 Å². The molecule has 0 aromatic carbocycles. The highest BCUT2D eigenvalue weighted by Gasteiger charge is 2.31. The molecule has 1 amide bonds. The van der Waals surface area contributed by atoms with Crippen molar-refractivity contribution in [1.29, 1.82) is 0 Å². The van der Waals surface area contributed by atoms with Crippen LogP contribution in [0.1, 0.15) is 18.4 Å². The van der Waals surface area contributed by atoms with E-state index in [4.69, 9.17) is 0 Å². The second-order valence-electron chi connectivity index (χ2n) is 6.11. The summed E-state index contributed by atoms with van der Waals surface area (Å²) < 4.78 is 59.6. The molecule has 144 valence electrons. The van der Waals surface area contributed by atoms with Gasteiger partial charge in [-0.05, 0) is 25.0 Å². The molecule has 1 N–H and O–H groups in total. The second-order valence-corrected chi connectivity index (χ2v) is 8.04. The Hall–Kier alpha value is -2.10. The molecule has 6 nitrogen and oxygen atoms in total. The summed E-state index contributed by atoms with van der Waals surface area (Å²) in [5.74, 6) is 0.0726. The summed E-state index contributed by atoms with van der Waals surface area (Å²) in [5, 5.41) is 3.69. The molecule has 1 saturated heterocycles. The van der Waals surface area contributed by atoms with Crippen LogP contribution < -0.4 is 10.2 Å². The zero-order valence-corrected chi connectivity index (χ0v) is 15.0. The molecule has 10 heteroatoms. The molecule has 0 aliphatic carbocycles. The molecular weight excluding hydrogens is 371 g/mol. The zero-order chi connectivity index (χ0) is 19.4. The number of carbonyl (C=O) groups is 1. The molecule has 0 atom stereocenters. The summed E-state index contributed by atoms with van der Waals surface area (Å²) in [5.41, 5.74) is -0.794. The fourth-order valence-corrected chi connectivity index (χ4v) is 3.08. The molecule has 0 unspecified atom stereocenters. The fraction of sp³-hybridized carbons (Fsp3) is 0.500. The van der Waals surface area contributed by atoms with Gasteiger partial charge in [0.1, 0.15) is 5.82 Å². The third kappa shape index (κ3) is 6.01. The van der Waals surface area contributed by atoms with Gasteiger partial charge in [0, 0.05) is 43.4 Å². The molecule has 1 aromatic rings. The molecular formula is C16H20F3N3O3S. The zero-order valence-electron chi connectivity index (χ0n) is 14.2. The Morgan fingerprint density at radius 3 is 2.50 bits per heavy atom. The van der Waals surface area contributed by atoms with Gasteiger partial charge >= 0.3 is 6.18 Å². The number of anilines is 1. The van der Waals surface area contributed by atoms with E-state index in [1.54, 1.807) is 0 Å². The number of piperidine rings is 1. The van der Waals surface area contributed by atoms with E-state index < -0.39 is 21.6 Å². The fourth-order valence-electron chi connectivity index (χ4n) is 2.64. The Morgan fingerprint density at radius 2 is 2.00 bits per heavy atom. The number of halogens is 3. The second kappa shape index (κ2) is 8.07. The van der Waals surface area contributed by atoms with Crippen molar-refractivity contribution >= 4 is 21.6 Å². The van der Waals surface area contributed by atoms with Crippen molar-refractivity contribution in [3.8, 4) is 0 Å². The first kappa shape index (κ1) is 20.2. The maximum absolute atomic E-state index is 12.6. The van der Waals surface area contributed by atoms with Gasteiger partial charge in [0.15, 0.2) is 9.84 Å². The number of hydrogen-bond acceptors (Lipinski definition) is 5. The van der Waals surface area contributed by atoms with E-state index in [0.29, 0.717) is 31.7 Å². The van der Waals surface area contributed by atoms with Crippen LogP contribution in [0.15, 0.2) is 29.8 Å². The Labute approximate surface area is 150 Å². The van der Waals surface area contributed by atoms with Crippen LogP contribution in [-0.4, -0.2) is 45.2 Å². The van der Waals surface area contributed by atoms with Crippen molar-refractivity contribution in [3.05, 3.63) is 35.4 Å². The smallest absolute Gasteiger partial charge is 0.357 e. The Balaban J connectivity index is 1.83. The molecule has 0 spiro atoms. The first-order valence-electron chi connectivity index (χ1n) is 7.99. The molecule has 1 aliphatic heterocycles. The van der Waals surface area contributed by atoms with Crippen LogP contribution in [-0.2, 0) is 20.8 Å². The van der Waals surface area contributed by atoms with Crippen molar-refractivity contribution in [2.45, 2.75) is 19.0 Å². The molecule has 1 aliphatic rings. The number of aromatic nitrogens is 1. The average molecular weight is 391 g/mol. The highest BCUT2D eigenvalue weighted by atomic mass is 32.2. The molecule has 0 radical (unpaired) electrons. The molecule has 0 bridgehead atoms. The predicted molar refractivity (Wildman–Crippen MR) is 91.2 cm³/mol. The minimum Gasteiger partial charge on any atom is -0.357 e. The van der Waals surface area contributed by atoms with Crippen LogP contribution in [0.4, 0.5) is 19.0 Å². The number of hydrogen-bond donors (Lipinski definition) is 1. The average Bonchev–Trinajstić information content (AvgIpc) is 2.57. The number of nitrogens with one attached hydrogen (secondary N) is 1. The number of carbonyl (C=O) groups excluding carboxylic acids is 1. The highest BCUT2D eigenvalue weighted by molar-refractivity contribution is 7.93. The molecule has 0 saturated carbocycles. The maximum Gasteiger partial charge on any atom is 0.417 e. The van der Waals surface area contributed by atoms with Crippen molar-refractivity contribution in [2.75, 3.05) is 30.8 Å². The van der Waals surface area contributed by atoms with Crippen LogP contribution in [0, 0.1) is 5.92 Å². The topological polar surface area (TPSA) is 79.4 Å². The predicted octanol–water partition coefficient (Wildman–Crippen LogP) is 1.99. The molecule has 2 rings (SSSR count). The summed E-state index contributed by atoms with van der Waals surface area (Å²) >= 11 is 0. The molecule has 1 aromatic heterocycles. The minimum absolute atomic E-state index is 0.132. The van der Waals surface area contributed by atoms with Gasteiger partial charge in [0.2, 0.25) is 5.91 Å². The normalized spacial score (nSPS) is 16.8. The van der Waals surface area contributed by atoms with Crippen LogP contribution in [0.2, 0.25) is 0 Å². The van der Waals surface area contributed by atoms with E-state index >= 15 is 0 Å². The number of sulfone groups is 1. The van der Waals surface area contributed by atoms with E-state index in [9.17, 15) is 26.4 Å². The standard InChI is InChI=1S/C16H20F3N3O3S/c1-26(24,25)10-2-7-20-15(23)12-5-8-22(9-6-12)14-4-3-13(11-21-14)16(17,18)19/h2-4,10-12H,5-9H2,1H3,(H,20,23)/b10-2+. The van der Waals surface area contributed by atoms with Crippen LogP contribution in [0.25, 0.3) is 0 Å². The monoisotopic (exact) mass is 391 g/mol. The van der Waals surface area contributed by atoms with E-state index in [2.05, 4.69) is 10.3 Å². The van der Waals surface area contributed by atoms with Gasteiger partial charge in [-0.3, -0.25) is 4.79 Å². The molecule has 1 fully saturated rings. The van der Waals surface area contributed by atoms with Gasteiger partial charge in [-0.15, -0.1) is 0 Å². The van der Waals surface area contributed by atoms with Crippen LogP contribution in [0.3, 0.4) is 0 Å². The lowest BCUT2D eigenvalue weighted by molar-refractivity contribution is -0.137. The Morgan fingerprint density at radius 1 is 1.35 bits per heavy atom. The van der Waals surface area contributed by atoms with Gasteiger partial charge in [-0.2, -0.15) is 13.2 Å². The lowest BCUT2D eigenvalue weighted by atomic mass is 9.96. The number of alkyl halides is 3. The number of pyridine rings is 1. The minimum atomic E-state index is -4.41. The summed E-state index contributed by atoms with van der Waals surface area (Å²) in [6.07, 6.45) is -0.0795. The lowest BCUT2D eigenvalue weighted by Gasteiger charge is -2.32. The summed E-state index contributed by atoms with van der Waals surface area (Å²) in [6, 6.07) is 2.33. The van der Waals surface area contributed by atoms with E-state index in [-0.39, 0.29) is 18.4 Å². The van der Waals surface area contributed by atoms with E-state index in [1.165, 1.54) is 12.1 Å². The third-order valence-corrected chi connectivity index (χ3v) is 4.69. The van der Waals surface area contributed by atoms with Gasteiger partial charge in [-0.1, -0.05) is 6.08 Å². The van der Waals surface area contributed by atoms with Crippen molar-refractivity contribution in [2.24, 2.45) is 5.92 Å². The molecule has 26 heavy (non-hydrogen) atoms. The van der Waals surface area contributed by atoms with Crippen molar-refractivity contribution < 1.29 is 26.4 Å². The van der Waals surface area contributed by atoms with E-state index in [0.717, 1.165) is 23.9 Å². The number of rotatable bonds is 5. The van der Waals surface area contributed by atoms with Gasteiger partial charge < -0.3 is 10.2 Å². The van der Waals surface area contributed by atoms with Crippen molar-refractivity contribution in [1.82, 2.24) is 10.3 Å². The quantitative estimate of drug-likeness (QED) is 0.831. The SMILES string of the molecule is CS(=O)(=O)/C=C/CNC(=O)C1CCN(c2ccc(C(F)(F)F)cn2)CC1. The van der Waals surface area contributed by atoms with Crippen LogP contribution in [0.5, 0.6) is 0 Å². The Bertz CT molecular complexity index is 753. The maximum atomic E-state index is 12.6. The Kier molecular flexibility index (Phi) is 6.27. The first-order valence-corrected chi connectivity index (χ1v) is 9.94. The first-order chi connectivity index (χ1) is 12.1. The summed E-state index contributed by atoms with van der Waals surface area (Å²) in [4.78, 5) is 17.8. The van der Waals surface area contributed by atoms with Crippen molar-refractivity contribution in [3.63, 3.8) is 0 Å². The largest absolute Gasteiger partial charge is 0.417 e. The van der Waals surface area contributed by atoms with Gasteiger partial charge in [-0.25, -0.2) is 13.4 Å². The van der Waals surface area contributed by atoms with Gasteiger partial charge in [0.05, 0.1) is 5.56 Å². The lowest BCUT2D eigenvalue weighted by Crippen LogP contribution is -2.41. The summed E-state index contributed by atoms with van der Waals surface area (Å²) in [6.45, 7) is 1.15. The number of nitrogens with zero attached hydrogens (tertiary/aromatic N) is 2.